The van der Waals surface area contributed by atoms with Crippen molar-refractivity contribution in [3.63, 3.8) is 0 Å². The Morgan fingerprint density at radius 3 is 2.83 bits per heavy atom. The first-order valence-corrected chi connectivity index (χ1v) is 8.15. The lowest BCUT2D eigenvalue weighted by Gasteiger charge is -2.09. The maximum Gasteiger partial charge on any atom is 0.269 e. The first-order valence-electron chi connectivity index (χ1n) is 8.15. The van der Waals surface area contributed by atoms with Gasteiger partial charge in [-0.15, -0.1) is 0 Å². The van der Waals surface area contributed by atoms with Crippen LogP contribution in [0.5, 0.6) is 5.75 Å². The molecule has 1 N–H and O–H groups in total. The van der Waals surface area contributed by atoms with Crippen LogP contribution in [0.1, 0.15) is 35.1 Å². The Labute approximate surface area is 142 Å². The van der Waals surface area contributed by atoms with E-state index in [0.29, 0.717) is 25.5 Å². The van der Waals surface area contributed by atoms with Crippen molar-refractivity contribution < 1.29 is 14.3 Å². The maximum atomic E-state index is 12.3. The van der Waals surface area contributed by atoms with Crippen molar-refractivity contribution in [3.8, 4) is 5.75 Å². The fraction of sp³-hybridized carbons (Fsp3) is 0.444. The van der Waals surface area contributed by atoms with Gasteiger partial charge < -0.3 is 14.8 Å². The van der Waals surface area contributed by atoms with Gasteiger partial charge in [0.15, 0.2) is 0 Å². The number of aryl methyl sites for hydroxylation is 2. The highest BCUT2D eigenvalue weighted by molar-refractivity contribution is 5.92. The van der Waals surface area contributed by atoms with E-state index in [-0.39, 0.29) is 5.91 Å². The van der Waals surface area contributed by atoms with Crippen LogP contribution in [0.3, 0.4) is 0 Å². The van der Waals surface area contributed by atoms with Crippen molar-refractivity contribution >= 4 is 5.91 Å². The number of nitrogens with one attached hydrogen (secondary N) is 1. The number of amides is 1. The van der Waals surface area contributed by atoms with Gasteiger partial charge >= 0.3 is 0 Å². The van der Waals surface area contributed by atoms with Gasteiger partial charge in [0.25, 0.3) is 5.91 Å². The minimum atomic E-state index is -0.129. The summed E-state index contributed by atoms with van der Waals surface area (Å²) in [6, 6.07) is 9.56. The fourth-order valence-electron chi connectivity index (χ4n) is 2.32. The summed E-state index contributed by atoms with van der Waals surface area (Å²) in [5, 5.41) is 7.22. The van der Waals surface area contributed by atoms with Gasteiger partial charge in [-0.2, -0.15) is 5.10 Å². The molecule has 0 fully saturated rings. The molecule has 0 spiro atoms. The molecular formula is C18H25N3O3. The number of hydrogen-bond acceptors (Lipinski definition) is 4. The van der Waals surface area contributed by atoms with Crippen molar-refractivity contribution in [1.82, 2.24) is 15.1 Å². The summed E-state index contributed by atoms with van der Waals surface area (Å²) in [6.07, 6.45) is 1.65. The molecule has 1 amide bonds. The molecule has 0 radical (unpaired) electrons. The largest absolute Gasteiger partial charge is 0.493 e. The van der Waals surface area contributed by atoms with Gasteiger partial charge in [-0.1, -0.05) is 19.1 Å². The number of carbonyl (C=O) groups is 1. The van der Waals surface area contributed by atoms with Gasteiger partial charge in [0.05, 0.1) is 12.3 Å². The predicted molar refractivity (Wildman–Crippen MR) is 92.2 cm³/mol. The van der Waals surface area contributed by atoms with Crippen LogP contribution in [0, 0.1) is 0 Å². The van der Waals surface area contributed by atoms with Crippen LogP contribution in [-0.4, -0.2) is 36.0 Å². The molecule has 0 bridgehead atoms. The molecule has 0 aliphatic rings. The van der Waals surface area contributed by atoms with Gasteiger partial charge in [-0.3, -0.25) is 9.48 Å². The van der Waals surface area contributed by atoms with Gasteiger partial charge in [0.1, 0.15) is 11.4 Å². The smallest absolute Gasteiger partial charge is 0.269 e. The van der Waals surface area contributed by atoms with Crippen LogP contribution in [0.2, 0.25) is 0 Å². The highest BCUT2D eigenvalue weighted by Gasteiger charge is 2.12. The third-order valence-electron chi connectivity index (χ3n) is 3.64. The lowest BCUT2D eigenvalue weighted by molar-refractivity contribution is 0.0941. The molecule has 1 aromatic heterocycles. The van der Waals surface area contributed by atoms with E-state index >= 15 is 0 Å². The number of hydrogen-bond donors (Lipinski definition) is 1. The van der Waals surface area contributed by atoms with Crippen LogP contribution in [0.15, 0.2) is 30.3 Å². The standard InChI is InChI=1S/C18H25N3O3/c1-4-15-12-17(21(2)20-15)18(22)19-13-14-7-5-8-16(11-14)24-10-6-9-23-3/h5,7-8,11-12H,4,6,9-10,13H2,1-3H3,(H,19,22). The molecule has 2 rings (SSSR count). The van der Waals surface area contributed by atoms with Crippen molar-refractivity contribution in [2.45, 2.75) is 26.3 Å². The monoisotopic (exact) mass is 331 g/mol. The zero-order valence-electron chi connectivity index (χ0n) is 14.5. The zero-order chi connectivity index (χ0) is 17.4. The second-order valence-electron chi connectivity index (χ2n) is 5.52. The molecule has 0 atom stereocenters. The van der Waals surface area contributed by atoms with Crippen molar-refractivity contribution in [2.75, 3.05) is 20.3 Å². The first-order chi connectivity index (χ1) is 11.6. The molecule has 1 aromatic carbocycles. The number of nitrogens with zero attached hydrogens (tertiary/aromatic N) is 2. The molecule has 0 saturated carbocycles. The Kier molecular flexibility index (Phi) is 6.81. The Bertz CT molecular complexity index is 667. The van der Waals surface area contributed by atoms with E-state index in [1.165, 1.54) is 0 Å². The molecule has 0 aliphatic heterocycles. The lowest BCUT2D eigenvalue weighted by Crippen LogP contribution is -2.25. The number of rotatable bonds is 9. The number of aromatic nitrogens is 2. The summed E-state index contributed by atoms with van der Waals surface area (Å²) in [5.74, 6) is 0.669. The second kappa shape index (κ2) is 9.08. The van der Waals surface area contributed by atoms with E-state index in [1.807, 2.05) is 37.3 Å². The zero-order valence-corrected chi connectivity index (χ0v) is 14.5. The van der Waals surface area contributed by atoms with E-state index in [2.05, 4.69) is 10.4 Å². The molecule has 1 heterocycles. The molecule has 24 heavy (non-hydrogen) atoms. The highest BCUT2D eigenvalue weighted by Crippen LogP contribution is 2.14. The van der Waals surface area contributed by atoms with E-state index in [4.69, 9.17) is 9.47 Å². The van der Waals surface area contributed by atoms with Crippen LogP contribution >= 0.6 is 0 Å². The summed E-state index contributed by atoms with van der Waals surface area (Å²) in [5.41, 5.74) is 2.47. The molecule has 2 aromatic rings. The fourth-order valence-corrected chi connectivity index (χ4v) is 2.32. The Morgan fingerprint density at radius 1 is 1.29 bits per heavy atom. The third kappa shape index (κ3) is 5.09. The van der Waals surface area contributed by atoms with E-state index in [0.717, 1.165) is 29.8 Å². The van der Waals surface area contributed by atoms with Crippen molar-refractivity contribution in [3.05, 3.63) is 47.3 Å². The minimum Gasteiger partial charge on any atom is -0.493 e. The Hall–Kier alpha value is -2.34. The first kappa shape index (κ1) is 18.0. The van der Waals surface area contributed by atoms with Crippen molar-refractivity contribution in [1.29, 1.82) is 0 Å². The van der Waals surface area contributed by atoms with Crippen LogP contribution in [-0.2, 0) is 24.8 Å². The summed E-state index contributed by atoms with van der Waals surface area (Å²) in [7, 11) is 3.46. The summed E-state index contributed by atoms with van der Waals surface area (Å²) in [6.45, 7) is 3.75. The number of benzene rings is 1. The summed E-state index contributed by atoms with van der Waals surface area (Å²) >= 11 is 0. The average Bonchev–Trinajstić information content (AvgIpc) is 2.98. The number of carbonyl (C=O) groups excluding carboxylic acids is 1. The molecule has 0 unspecified atom stereocenters. The van der Waals surface area contributed by atoms with Gasteiger partial charge in [-0.25, -0.2) is 0 Å². The molecule has 6 heteroatoms. The second-order valence-corrected chi connectivity index (χ2v) is 5.52. The minimum absolute atomic E-state index is 0.129. The maximum absolute atomic E-state index is 12.3. The molecule has 130 valence electrons. The molecule has 0 saturated heterocycles. The predicted octanol–water partition coefficient (Wildman–Crippen LogP) is 2.33. The highest BCUT2D eigenvalue weighted by atomic mass is 16.5. The van der Waals surface area contributed by atoms with Gasteiger partial charge in [-0.05, 0) is 30.2 Å². The quantitative estimate of drug-likeness (QED) is 0.716. The average molecular weight is 331 g/mol. The lowest BCUT2D eigenvalue weighted by atomic mass is 10.2. The van der Waals surface area contributed by atoms with Crippen LogP contribution in [0.4, 0.5) is 0 Å². The van der Waals surface area contributed by atoms with E-state index < -0.39 is 0 Å². The topological polar surface area (TPSA) is 65.4 Å². The van der Waals surface area contributed by atoms with E-state index in [1.54, 1.807) is 18.8 Å². The summed E-state index contributed by atoms with van der Waals surface area (Å²) in [4.78, 5) is 12.3. The Balaban J connectivity index is 1.89. The van der Waals surface area contributed by atoms with E-state index in [9.17, 15) is 4.79 Å². The summed E-state index contributed by atoms with van der Waals surface area (Å²) < 4.78 is 12.3. The van der Waals surface area contributed by atoms with Crippen LogP contribution in [0.25, 0.3) is 0 Å². The molecular weight excluding hydrogens is 306 g/mol. The third-order valence-corrected chi connectivity index (χ3v) is 3.64. The van der Waals surface area contributed by atoms with Gasteiger partial charge in [0, 0.05) is 33.7 Å². The van der Waals surface area contributed by atoms with Crippen LogP contribution < -0.4 is 10.1 Å². The SMILES string of the molecule is CCc1cc(C(=O)NCc2cccc(OCCCOC)c2)n(C)n1. The van der Waals surface area contributed by atoms with Crippen molar-refractivity contribution in [2.24, 2.45) is 7.05 Å². The Morgan fingerprint density at radius 2 is 2.12 bits per heavy atom. The van der Waals surface area contributed by atoms with Gasteiger partial charge in [0.2, 0.25) is 0 Å². The normalized spacial score (nSPS) is 10.6. The molecule has 0 aliphatic carbocycles. The number of ether oxygens (including phenoxy) is 2. The molecule has 6 nitrogen and oxygen atoms in total. The number of methoxy groups -OCH3 is 1.